The number of nitrogens with one attached hydrogen (secondary N) is 1. The number of hydrogen-bond donors (Lipinski definition) is 2. The largest absolute Gasteiger partial charge is 0.480 e. The molecule has 7 nitrogen and oxygen atoms in total. The molecule has 182 valence electrons. The minimum absolute atomic E-state index is 0.0893. The molecule has 0 saturated carbocycles. The number of carboxylic acid groups (broad SMARTS) is 1. The Morgan fingerprint density at radius 1 is 0.971 bits per heavy atom. The molecule has 4 rings (SSSR count). The van der Waals surface area contributed by atoms with E-state index in [1.165, 1.54) is 0 Å². The molecule has 1 amide bonds. The molecular weight excluding hydrogens is 446 g/mol. The van der Waals surface area contributed by atoms with Gasteiger partial charge in [-0.05, 0) is 50.3 Å². The molecule has 4 aromatic rings. The first-order valence-electron chi connectivity index (χ1n) is 11.6. The van der Waals surface area contributed by atoms with E-state index < -0.39 is 23.5 Å². The molecule has 2 aromatic heterocycles. The maximum absolute atomic E-state index is 12.9. The Kier molecular flexibility index (Phi) is 6.52. The van der Waals surface area contributed by atoms with E-state index >= 15 is 0 Å². The van der Waals surface area contributed by atoms with Gasteiger partial charge >= 0.3 is 11.6 Å². The topological polar surface area (TPSA) is 110 Å². The summed E-state index contributed by atoms with van der Waals surface area (Å²) in [5.74, 6) is -0.786. The number of furan rings is 1. The number of carbonyl (C=O) groups excluding carboxylic acids is 1. The van der Waals surface area contributed by atoms with Crippen molar-refractivity contribution in [3.63, 3.8) is 0 Å². The van der Waals surface area contributed by atoms with Gasteiger partial charge < -0.3 is 19.3 Å². The molecule has 0 aliphatic carbocycles. The van der Waals surface area contributed by atoms with Crippen molar-refractivity contribution in [2.75, 3.05) is 0 Å². The number of aliphatic carboxylic acids is 1. The summed E-state index contributed by atoms with van der Waals surface area (Å²) in [6, 6.07) is 10.8. The van der Waals surface area contributed by atoms with Crippen LogP contribution in [0.5, 0.6) is 0 Å². The number of aryl methyl sites for hydroxylation is 3. The zero-order valence-electron chi connectivity index (χ0n) is 20.5. The minimum atomic E-state index is -1.10. The van der Waals surface area contributed by atoms with Crippen molar-refractivity contribution in [1.29, 1.82) is 0 Å². The summed E-state index contributed by atoms with van der Waals surface area (Å²) in [5.41, 5.74) is 3.99. The standard InChI is InChI=1S/C28H29NO6/c1-14(2)11-22(27(31)32)29-23(30)13-20-15(3)19-12-21-24(18-9-7-6-8-10-18)17(5)34-26(21)16(4)25(19)35-28(20)33/h6-10,12,14,22H,11,13H2,1-5H3,(H,29,30)(H,31,32)/t22-/m0/s1. The van der Waals surface area contributed by atoms with Gasteiger partial charge in [-0.3, -0.25) is 4.79 Å². The van der Waals surface area contributed by atoms with Crippen molar-refractivity contribution in [3.05, 3.63) is 69.3 Å². The summed E-state index contributed by atoms with van der Waals surface area (Å²) in [4.78, 5) is 37.1. The third-order valence-electron chi connectivity index (χ3n) is 6.37. The van der Waals surface area contributed by atoms with E-state index in [1.54, 1.807) is 6.92 Å². The minimum Gasteiger partial charge on any atom is -0.480 e. The van der Waals surface area contributed by atoms with Crippen LogP contribution in [0.2, 0.25) is 0 Å². The van der Waals surface area contributed by atoms with Gasteiger partial charge in [0.05, 0.1) is 12.0 Å². The van der Waals surface area contributed by atoms with Crippen LogP contribution >= 0.6 is 0 Å². The van der Waals surface area contributed by atoms with E-state index in [0.29, 0.717) is 34.1 Å². The average Bonchev–Trinajstić information content (AvgIpc) is 3.13. The van der Waals surface area contributed by atoms with Gasteiger partial charge in [0.15, 0.2) is 0 Å². The second kappa shape index (κ2) is 9.41. The first-order chi connectivity index (χ1) is 16.6. The Labute approximate surface area is 202 Å². The molecule has 35 heavy (non-hydrogen) atoms. The molecule has 0 radical (unpaired) electrons. The second-order valence-corrected chi connectivity index (χ2v) is 9.41. The van der Waals surface area contributed by atoms with Crippen molar-refractivity contribution in [2.24, 2.45) is 5.92 Å². The van der Waals surface area contributed by atoms with Crippen molar-refractivity contribution in [3.8, 4) is 11.1 Å². The molecule has 0 bridgehead atoms. The van der Waals surface area contributed by atoms with Gasteiger partial charge in [-0.1, -0.05) is 44.2 Å². The molecule has 0 aliphatic heterocycles. The van der Waals surface area contributed by atoms with Gasteiger partial charge in [-0.25, -0.2) is 9.59 Å². The van der Waals surface area contributed by atoms with Crippen LogP contribution < -0.4 is 10.9 Å². The molecule has 2 aromatic carbocycles. The maximum Gasteiger partial charge on any atom is 0.340 e. The second-order valence-electron chi connectivity index (χ2n) is 9.41. The van der Waals surface area contributed by atoms with Crippen LogP contribution in [0.15, 0.2) is 50.0 Å². The fraction of sp³-hybridized carbons (Fsp3) is 0.321. The highest BCUT2D eigenvalue weighted by Gasteiger charge is 2.24. The Morgan fingerprint density at radius 3 is 2.26 bits per heavy atom. The first-order valence-corrected chi connectivity index (χ1v) is 11.6. The average molecular weight is 476 g/mol. The molecule has 0 unspecified atom stereocenters. The highest BCUT2D eigenvalue weighted by atomic mass is 16.4. The normalized spacial score (nSPS) is 12.4. The number of fused-ring (bicyclic) bond motifs is 2. The predicted octanol–water partition coefficient (Wildman–Crippen LogP) is 5.29. The lowest BCUT2D eigenvalue weighted by Crippen LogP contribution is -2.42. The van der Waals surface area contributed by atoms with E-state index in [9.17, 15) is 19.5 Å². The van der Waals surface area contributed by atoms with E-state index in [-0.39, 0.29) is 17.9 Å². The SMILES string of the molecule is Cc1oc2c(C)c3oc(=O)c(CC(=O)N[C@@H](CC(C)C)C(=O)O)c(C)c3cc2c1-c1ccccc1. The van der Waals surface area contributed by atoms with Crippen molar-refractivity contribution in [1.82, 2.24) is 5.32 Å². The Bertz CT molecular complexity index is 1490. The van der Waals surface area contributed by atoms with E-state index in [0.717, 1.165) is 22.3 Å². The van der Waals surface area contributed by atoms with Crippen LogP contribution in [-0.4, -0.2) is 23.0 Å². The lowest BCUT2D eigenvalue weighted by Gasteiger charge is -2.17. The summed E-state index contributed by atoms with van der Waals surface area (Å²) >= 11 is 0. The maximum atomic E-state index is 12.9. The highest BCUT2D eigenvalue weighted by molar-refractivity contribution is 6.06. The molecule has 0 aliphatic rings. The third kappa shape index (κ3) is 4.58. The van der Waals surface area contributed by atoms with E-state index in [1.807, 2.05) is 64.1 Å². The van der Waals surface area contributed by atoms with Crippen LogP contribution in [0.25, 0.3) is 33.1 Å². The summed E-state index contributed by atoms with van der Waals surface area (Å²) in [6.45, 7) is 9.30. The summed E-state index contributed by atoms with van der Waals surface area (Å²) < 4.78 is 11.8. The molecular formula is C28H29NO6. The van der Waals surface area contributed by atoms with Gasteiger partial charge in [-0.15, -0.1) is 0 Å². The van der Waals surface area contributed by atoms with E-state index in [4.69, 9.17) is 8.83 Å². The van der Waals surface area contributed by atoms with Gasteiger partial charge in [0.25, 0.3) is 0 Å². The van der Waals surface area contributed by atoms with Gasteiger partial charge in [0, 0.05) is 21.9 Å². The monoisotopic (exact) mass is 475 g/mol. The van der Waals surface area contributed by atoms with Crippen molar-refractivity contribution in [2.45, 2.75) is 53.5 Å². The molecule has 0 spiro atoms. The Hall–Kier alpha value is -3.87. The number of carbonyl (C=O) groups is 2. The number of benzene rings is 2. The molecule has 1 atom stereocenters. The zero-order valence-corrected chi connectivity index (χ0v) is 20.5. The molecule has 0 saturated heterocycles. The lowest BCUT2D eigenvalue weighted by molar-refractivity contribution is -0.142. The summed E-state index contributed by atoms with van der Waals surface area (Å²) in [5, 5.41) is 13.6. The number of hydrogen-bond acceptors (Lipinski definition) is 5. The molecule has 2 N–H and O–H groups in total. The fourth-order valence-corrected chi connectivity index (χ4v) is 4.64. The smallest absolute Gasteiger partial charge is 0.340 e. The number of carboxylic acids is 1. The van der Waals surface area contributed by atoms with Gasteiger partial charge in [0.1, 0.15) is 23.0 Å². The third-order valence-corrected chi connectivity index (χ3v) is 6.37. The number of amides is 1. The van der Waals surface area contributed by atoms with Gasteiger partial charge in [-0.2, -0.15) is 0 Å². The summed E-state index contributed by atoms with van der Waals surface area (Å²) in [6.07, 6.45) is 0.0324. The first kappa shape index (κ1) is 24.3. The van der Waals surface area contributed by atoms with Crippen molar-refractivity contribution < 1.29 is 23.5 Å². The zero-order chi connectivity index (χ0) is 25.4. The fourth-order valence-electron chi connectivity index (χ4n) is 4.64. The summed E-state index contributed by atoms with van der Waals surface area (Å²) in [7, 11) is 0. The van der Waals surface area contributed by atoms with Crippen LogP contribution in [0.3, 0.4) is 0 Å². The van der Waals surface area contributed by atoms with Crippen LogP contribution in [0, 0.1) is 26.7 Å². The molecule has 2 heterocycles. The highest BCUT2D eigenvalue weighted by Crippen LogP contribution is 2.39. The lowest BCUT2D eigenvalue weighted by atomic mass is 9.96. The van der Waals surface area contributed by atoms with Crippen molar-refractivity contribution >= 4 is 33.8 Å². The Balaban J connectivity index is 1.81. The molecule has 0 fully saturated rings. The van der Waals surface area contributed by atoms with Gasteiger partial charge in [0.2, 0.25) is 5.91 Å². The Morgan fingerprint density at radius 2 is 1.63 bits per heavy atom. The quantitative estimate of drug-likeness (QED) is 0.352. The van der Waals surface area contributed by atoms with Crippen LogP contribution in [-0.2, 0) is 16.0 Å². The van der Waals surface area contributed by atoms with Crippen LogP contribution in [0.4, 0.5) is 0 Å². The molecule has 7 heteroatoms. The van der Waals surface area contributed by atoms with Crippen LogP contribution in [0.1, 0.15) is 42.7 Å². The number of rotatable bonds is 7. The van der Waals surface area contributed by atoms with E-state index in [2.05, 4.69) is 5.32 Å². The predicted molar refractivity (Wildman–Crippen MR) is 135 cm³/mol.